The number of carbonyl (C=O) groups excluding carboxylic acids is 2. The van der Waals surface area contributed by atoms with E-state index in [9.17, 15) is 9.59 Å². The van der Waals surface area contributed by atoms with Crippen LogP contribution in [0.25, 0.3) is 0 Å². The molecule has 1 atom stereocenters. The first-order chi connectivity index (χ1) is 14.5. The Hall–Kier alpha value is -2.28. The number of likely N-dealkylation sites (tertiary alicyclic amines) is 1. The van der Waals surface area contributed by atoms with Crippen LogP contribution in [0.5, 0.6) is 5.75 Å². The number of para-hydroxylation sites is 1. The number of ether oxygens (including phenoxy) is 1. The SMILES string of the molecule is NC(=O)C1CCCN1Cc1ccccc1NC(=O)CCCOc1cccc(Cl)c1Cl. The maximum absolute atomic E-state index is 12.4. The summed E-state index contributed by atoms with van der Waals surface area (Å²) in [4.78, 5) is 26.1. The van der Waals surface area contributed by atoms with Crippen LogP contribution in [0.3, 0.4) is 0 Å². The summed E-state index contributed by atoms with van der Waals surface area (Å²) in [6.45, 7) is 1.74. The third-order valence-corrected chi connectivity index (χ3v) is 5.88. The Kier molecular flexibility index (Phi) is 7.96. The molecule has 1 aliphatic rings. The molecular formula is C22H25Cl2N3O3. The molecule has 1 heterocycles. The summed E-state index contributed by atoms with van der Waals surface area (Å²) < 4.78 is 5.62. The fourth-order valence-corrected chi connectivity index (χ4v) is 3.91. The highest BCUT2D eigenvalue weighted by Gasteiger charge is 2.29. The van der Waals surface area contributed by atoms with Gasteiger partial charge in [-0.05, 0) is 49.6 Å². The number of carbonyl (C=O) groups is 2. The van der Waals surface area contributed by atoms with Gasteiger partial charge in [0.1, 0.15) is 10.8 Å². The van der Waals surface area contributed by atoms with Crippen molar-refractivity contribution in [3.63, 3.8) is 0 Å². The van der Waals surface area contributed by atoms with E-state index in [4.69, 9.17) is 33.7 Å². The van der Waals surface area contributed by atoms with Gasteiger partial charge >= 0.3 is 0 Å². The second-order valence-corrected chi connectivity index (χ2v) is 8.03. The van der Waals surface area contributed by atoms with Crippen LogP contribution in [0, 0.1) is 0 Å². The first-order valence-corrected chi connectivity index (χ1v) is 10.7. The first kappa shape index (κ1) is 22.4. The van der Waals surface area contributed by atoms with Crippen molar-refractivity contribution in [1.29, 1.82) is 0 Å². The van der Waals surface area contributed by atoms with E-state index in [0.717, 1.165) is 30.6 Å². The molecule has 3 rings (SSSR count). The van der Waals surface area contributed by atoms with Crippen LogP contribution in [-0.4, -0.2) is 35.9 Å². The molecule has 1 unspecified atom stereocenters. The second kappa shape index (κ2) is 10.7. The van der Waals surface area contributed by atoms with E-state index < -0.39 is 0 Å². The minimum Gasteiger partial charge on any atom is -0.492 e. The highest BCUT2D eigenvalue weighted by molar-refractivity contribution is 6.42. The van der Waals surface area contributed by atoms with Crippen molar-refractivity contribution in [1.82, 2.24) is 4.90 Å². The van der Waals surface area contributed by atoms with Gasteiger partial charge < -0.3 is 15.8 Å². The Morgan fingerprint density at radius 3 is 2.77 bits per heavy atom. The molecule has 160 valence electrons. The van der Waals surface area contributed by atoms with E-state index in [1.807, 2.05) is 24.3 Å². The third kappa shape index (κ3) is 5.88. The van der Waals surface area contributed by atoms with Gasteiger partial charge in [-0.1, -0.05) is 47.5 Å². The summed E-state index contributed by atoms with van der Waals surface area (Å²) in [6.07, 6.45) is 2.56. The van der Waals surface area contributed by atoms with E-state index >= 15 is 0 Å². The molecule has 6 nitrogen and oxygen atoms in total. The van der Waals surface area contributed by atoms with Crippen molar-refractivity contribution in [2.45, 2.75) is 38.3 Å². The minimum atomic E-state index is -0.297. The molecule has 0 radical (unpaired) electrons. The lowest BCUT2D eigenvalue weighted by Gasteiger charge is -2.23. The number of benzene rings is 2. The normalized spacial score (nSPS) is 16.4. The van der Waals surface area contributed by atoms with Crippen LogP contribution in [0.4, 0.5) is 5.69 Å². The zero-order valence-electron chi connectivity index (χ0n) is 16.6. The quantitative estimate of drug-likeness (QED) is 0.560. The van der Waals surface area contributed by atoms with E-state index in [1.165, 1.54) is 0 Å². The summed E-state index contributed by atoms with van der Waals surface area (Å²) >= 11 is 12.1. The predicted octanol–water partition coefficient (Wildman–Crippen LogP) is 4.24. The smallest absolute Gasteiger partial charge is 0.234 e. The van der Waals surface area contributed by atoms with Crippen LogP contribution >= 0.6 is 23.2 Å². The molecule has 30 heavy (non-hydrogen) atoms. The fourth-order valence-electron chi connectivity index (χ4n) is 3.56. The maximum Gasteiger partial charge on any atom is 0.234 e. The van der Waals surface area contributed by atoms with Gasteiger partial charge in [-0.25, -0.2) is 0 Å². The first-order valence-electron chi connectivity index (χ1n) is 9.93. The van der Waals surface area contributed by atoms with E-state index in [0.29, 0.717) is 41.8 Å². The number of primary amides is 1. The predicted molar refractivity (Wildman–Crippen MR) is 119 cm³/mol. The van der Waals surface area contributed by atoms with Crippen LogP contribution < -0.4 is 15.8 Å². The fraction of sp³-hybridized carbons (Fsp3) is 0.364. The molecule has 0 spiro atoms. The van der Waals surface area contributed by atoms with Gasteiger partial charge in [0.15, 0.2) is 0 Å². The number of hydrogen-bond acceptors (Lipinski definition) is 4. The number of nitrogens with zero attached hydrogens (tertiary/aromatic N) is 1. The molecule has 1 saturated heterocycles. The Morgan fingerprint density at radius 1 is 1.17 bits per heavy atom. The number of anilines is 1. The standard InChI is InChI=1S/C22H25Cl2N3O3/c23-16-7-3-10-19(21(16)24)30-13-5-11-20(28)26-17-8-2-1-6-15(17)14-27-12-4-9-18(27)22(25)29/h1-3,6-8,10,18H,4-5,9,11-14H2,(H2,25,29)(H,26,28). The van der Waals surface area contributed by atoms with Crippen molar-refractivity contribution in [2.75, 3.05) is 18.5 Å². The summed E-state index contributed by atoms with van der Waals surface area (Å²) in [7, 11) is 0. The highest BCUT2D eigenvalue weighted by Crippen LogP contribution is 2.31. The van der Waals surface area contributed by atoms with Gasteiger partial charge in [0.05, 0.1) is 17.7 Å². The average Bonchev–Trinajstić information content (AvgIpc) is 3.18. The Morgan fingerprint density at radius 2 is 1.97 bits per heavy atom. The number of halogens is 2. The van der Waals surface area contributed by atoms with E-state index in [1.54, 1.807) is 18.2 Å². The molecule has 8 heteroatoms. The highest BCUT2D eigenvalue weighted by atomic mass is 35.5. The lowest BCUT2D eigenvalue weighted by atomic mass is 10.1. The summed E-state index contributed by atoms with van der Waals surface area (Å²) in [6, 6.07) is 12.6. The zero-order chi connectivity index (χ0) is 21.5. The third-order valence-electron chi connectivity index (χ3n) is 5.08. The number of nitrogens with one attached hydrogen (secondary N) is 1. The molecule has 2 aromatic carbocycles. The monoisotopic (exact) mass is 449 g/mol. The van der Waals surface area contributed by atoms with Gasteiger partial charge in [-0.2, -0.15) is 0 Å². The van der Waals surface area contributed by atoms with Gasteiger partial charge in [0.25, 0.3) is 0 Å². The van der Waals surface area contributed by atoms with Crippen molar-refractivity contribution in [3.8, 4) is 5.75 Å². The Balaban J connectivity index is 1.50. The maximum atomic E-state index is 12.4. The lowest BCUT2D eigenvalue weighted by Crippen LogP contribution is -2.39. The summed E-state index contributed by atoms with van der Waals surface area (Å²) in [5.74, 6) is 0.106. The molecule has 0 aromatic heterocycles. The van der Waals surface area contributed by atoms with Crippen molar-refractivity contribution in [3.05, 3.63) is 58.1 Å². The minimum absolute atomic E-state index is 0.101. The number of amides is 2. The molecule has 3 N–H and O–H groups in total. The average molecular weight is 450 g/mol. The number of rotatable bonds is 9. The molecule has 0 aliphatic carbocycles. The van der Waals surface area contributed by atoms with Crippen LogP contribution in [0.1, 0.15) is 31.2 Å². The van der Waals surface area contributed by atoms with Crippen molar-refractivity contribution >= 4 is 40.7 Å². The van der Waals surface area contributed by atoms with Gasteiger partial charge in [-0.15, -0.1) is 0 Å². The lowest BCUT2D eigenvalue weighted by molar-refractivity contribution is -0.122. The van der Waals surface area contributed by atoms with Crippen LogP contribution in [0.2, 0.25) is 10.0 Å². The van der Waals surface area contributed by atoms with Gasteiger partial charge in [-0.3, -0.25) is 14.5 Å². The zero-order valence-corrected chi connectivity index (χ0v) is 18.1. The van der Waals surface area contributed by atoms with E-state index in [2.05, 4.69) is 10.2 Å². The molecule has 0 saturated carbocycles. The Labute approximate surface area is 186 Å². The van der Waals surface area contributed by atoms with Gasteiger partial charge in [0, 0.05) is 18.7 Å². The summed E-state index contributed by atoms with van der Waals surface area (Å²) in [5, 5.41) is 3.76. The van der Waals surface area contributed by atoms with Gasteiger partial charge in [0.2, 0.25) is 11.8 Å². The van der Waals surface area contributed by atoms with Crippen LogP contribution in [0.15, 0.2) is 42.5 Å². The van der Waals surface area contributed by atoms with Crippen molar-refractivity contribution < 1.29 is 14.3 Å². The summed E-state index contributed by atoms with van der Waals surface area (Å²) in [5.41, 5.74) is 7.22. The molecule has 0 bridgehead atoms. The van der Waals surface area contributed by atoms with E-state index in [-0.39, 0.29) is 17.9 Å². The topological polar surface area (TPSA) is 84.7 Å². The molecule has 1 fully saturated rings. The molecule has 2 amide bonds. The molecule has 1 aliphatic heterocycles. The largest absolute Gasteiger partial charge is 0.492 e. The van der Waals surface area contributed by atoms with Crippen LogP contribution in [-0.2, 0) is 16.1 Å². The number of nitrogens with two attached hydrogens (primary N) is 1. The van der Waals surface area contributed by atoms with Crippen molar-refractivity contribution in [2.24, 2.45) is 5.73 Å². The molecule has 2 aromatic rings. The number of hydrogen-bond donors (Lipinski definition) is 2. The Bertz CT molecular complexity index is 907. The second-order valence-electron chi connectivity index (χ2n) is 7.24. The molecular weight excluding hydrogens is 425 g/mol.